The molecule has 3 amide bonds. The Morgan fingerprint density at radius 1 is 1.17 bits per heavy atom. The number of carbonyl (C=O) groups excluding carboxylic acids is 3. The number of amides is 3. The molecule has 0 radical (unpaired) electrons. The average molecular weight is 317 g/mol. The number of hydrogen-bond acceptors (Lipinski definition) is 4. The van der Waals surface area contributed by atoms with Gasteiger partial charge in [0, 0.05) is 36.8 Å². The van der Waals surface area contributed by atoms with Crippen LogP contribution < -0.4 is 10.6 Å². The molecule has 2 aliphatic rings. The van der Waals surface area contributed by atoms with Gasteiger partial charge in [0.15, 0.2) is 0 Å². The molecule has 0 saturated carbocycles. The van der Waals surface area contributed by atoms with Crippen LogP contribution in [0.15, 0.2) is 0 Å². The molecule has 0 aromatic heterocycles. The number of fused-ring (bicyclic) bond motifs is 1. The van der Waals surface area contributed by atoms with Crippen molar-refractivity contribution in [2.24, 2.45) is 0 Å². The fourth-order valence-corrected chi connectivity index (χ4v) is 3.29. The summed E-state index contributed by atoms with van der Waals surface area (Å²) in [6, 6.07) is -1.00. The van der Waals surface area contributed by atoms with Crippen LogP contribution in [-0.4, -0.2) is 35.7 Å². The van der Waals surface area contributed by atoms with Crippen LogP contribution in [0.3, 0.4) is 0 Å². The Hall–Kier alpha value is -2.37. The number of piperidine rings is 1. The molecule has 0 spiro atoms. The normalized spacial score (nSPS) is 24.1. The maximum Gasteiger partial charge on any atom is 0.255 e. The van der Waals surface area contributed by atoms with Gasteiger partial charge in [0.25, 0.3) is 5.91 Å². The molecule has 2 N–H and O–H groups in total. The van der Waals surface area contributed by atoms with Crippen LogP contribution in [0.1, 0.15) is 48.2 Å². The molecule has 6 heteroatoms. The Bertz CT molecular complexity index is 820. The van der Waals surface area contributed by atoms with E-state index in [4.69, 9.17) is 2.74 Å². The third-order valence-corrected chi connectivity index (χ3v) is 4.81. The summed E-state index contributed by atoms with van der Waals surface area (Å²) in [5, 5.41) is 5.21. The summed E-state index contributed by atoms with van der Waals surface area (Å²) in [5.41, 5.74) is 3.66. The third-order valence-electron chi connectivity index (χ3n) is 4.81. The van der Waals surface area contributed by atoms with Gasteiger partial charge in [-0.1, -0.05) is 0 Å². The molecular formula is C17H21N3O3. The van der Waals surface area contributed by atoms with Gasteiger partial charge < -0.3 is 10.2 Å². The zero-order valence-corrected chi connectivity index (χ0v) is 13.7. The number of nitrogens with zero attached hydrogens (tertiary/aromatic N) is 1. The summed E-state index contributed by atoms with van der Waals surface area (Å²) in [6.45, 7) is 3.42. The van der Waals surface area contributed by atoms with Crippen LogP contribution >= 0.6 is 0 Å². The number of anilines is 1. The minimum absolute atomic E-state index is 0.0858. The number of benzene rings is 1. The first kappa shape index (κ1) is 13.1. The second-order valence-corrected chi connectivity index (χ2v) is 6.00. The van der Waals surface area contributed by atoms with Gasteiger partial charge >= 0.3 is 0 Å². The number of carbonyl (C=O) groups is 3. The van der Waals surface area contributed by atoms with Gasteiger partial charge in [-0.2, -0.15) is 0 Å². The Labute approximate surface area is 138 Å². The average Bonchev–Trinajstić information content (AvgIpc) is 2.73. The van der Waals surface area contributed by atoms with Gasteiger partial charge in [0.05, 0.1) is 2.74 Å². The predicted octanol–water partition coefficient (Wildman–Crippen LogP) is 1.41. The van der Waals surface area contributed by atoms with Crippen molar-refractivity contribution in [2.45, 2.75) is 46.2 Å². The minimum atomic E-state index is -2.14. The summed E-state index contributed by atoms with van der Waals surface area (Å²) in [6.07, 6.45) is 0.207. The van der Waals surface area contributed by atoms with Gasteiger partial charge in [-0.3, -0.25) is 19.7 Å². The van der Waals surface area contributed by atoms with Gasteiger partial charge in [-0.05, 0) is 43.9 Å². The van der Waals surface area contributed by atoms with Crippen molar-refractivity contribution in [3.8, 4) is 0 Å². The van der Waals surface area contributed by atoms with E-state index in [0.717, 1.165) is 21.6 Å². The number of nitrogens with one attached hydrogen (secondary N) is 2. The summed E-state index contributed by atoms with van der Waals surface area (Å²) in [4.78, 5) is 37.7. The van der Waals surface area contributed by atoms with Gasteiger partial charge in [0.1, 0.15) is 6.04 Å². The first-order chi connectivity index (χ1) is 11.6. The SMILES string of the molecule is [2H]C1([2H])c2c(NC)c(C)c(C)c(C)c2C(=O)N1C1CCC(=O)NC1=O. The van der Waals surface area contributed by atoms with Crippen molar-refractivity contribution in [3.05, 3.63) is 27.8 Å². The van der Waals surface area contributed by atoms with Crippen LogP contribution in [0, 0.1) is 20.8 Å². The molecule has 3 rings (SSSR count). The molecule has 1 unspecified atom stereocenters. The fraction of sp³-hybridized carbons (Fsp3) is 0.471. The summed E-state index contributed by atoms with van der Waals surface area (Å²) in [5.74, 6) is -1.53. The van der Waals surface area contributed by atoms with Crippen LogP contribution in [0.5, 0.6) is 0 Å². The molecule has 1 aromatic rings. The van der Waals surface area contributed by atoms with E-state index in [9.17, 15) is 14.4 Å². The second kappa shape index (κ2) is 5.37. The highest BCUT2D eigenvalue weighted by Gasteiger charge is 2.41. The molecule has 122 valence electrons. The van der Waals surface area contributed by atoms with Crippen molar-refractivity contribution >= 4 is 23.4 Å². The van der Waals surface area contributed by atoms with Crippen LogP contribution in [0.4, 0.5) is 5.69 Å². The lowest BCUT2D eigenvalue weighted by molar-refractivity contribution is -0.136. The highest BCUT2D eigenvalue weighted by molar-refractivity contribution is 6.07. The maximum absolute atomic E-state index is 13.1. The van der Waals surface area contributed by atoms with Gasteiger partial charge in [0.2, 0.25) is 11.8 Å². The molecule has 0 aliphatic carbocycles. The Morgan fingerprint density at radius 2 is 1.87 bits per heavy atom. The Kier molecular flexibility index (Phi) is 3.06. The molecule has 1 atom stereocenters. The topological polar surface area (TPSA) is 78.5 Å². The van der Waals surface area contributed by atoms with Gasteiger partial charge in [-0.25, -0.2) is 0 Å². The van der Waals surface area contributed by atoms with Gasteiger partial charge in [-0.15, -0.1) is 0 Å². The van der Waals surface area contributed by atoms with E-state index in [1.807, 2.05) is 13.8 Å². The number of rotatable bonds is 2. The quantitative estimate of drug-likeness (QED) is 0.809. The fourth-order valence-electron chi connectivity index (χ4n) is 3.29. The molecule has 2 aliphatic heterocycles. The number of hydrogen-bond donors (Lipinski definition) is 2. The van der Waals surface area contributed by atoms with Crippen LogP contribution in [0.25, 0.3) is 0 Å². The van der Waals surface area contributed by atoms with Crippen LogP contribution in [-0.2, 0) is 16.1 Å². The lowest BCUT2D eigenvalue weighted by Gasteiger charge is -2.29. The molecule has 1 fully saturated rings. The van der Waals surface area contributed by atoms with E-state index in [2.05, 4.69) is 10.6 Å². The first-order valence-corrected chi connectivity index (χ1v) is 7.62. The maximum atomic E-state index is 13.1. The van der Waals surface area contributed by atoms with Crippen molar-refractivity contribution in [2.75, 3.05) is 12.4 Å². The van der Waals surface area contributed by atoms with Crippen molar-refractivity contribution in [1.82, 2.24) is 10.2 Å². The highest BCUT2D eigenvalue weighted by Crippen LogP contribution is 2.38. The molecule has 6 nitrogen and oxygen atoms in total. The van der Waals surface area contributed by atoms with E-state index in [1.54, 1.807) is 14.0 Å². The third kappa shape index (κ3) is 2.20. The summed E-state index contributed by atoms with van der Waals surface area (Å²) < 4.78 is 17.2. The van der Waals surface area contributed by atoms with E-state index in [1.165, 1.54) is 0 Å². The minimum Gasteiger partial charge on any atom is -0.388 e. The molecule has 1 saturated heterocycles. The van der Waals surface area contributed by atoms with E-state index in [-0.39, 0.29) is 18.4 Å². The monoisotopic (exact) mass is 317 g/mol. The van der Waals surface area contributed by atoms with E-state index >= 15 is 0 Å². The molecule has 2 heterocycles. The first-order valence-electron chi connectivity index (χ1n) is 8.62. The van der Waals surface area contributed by atoms with Crippen molar-refractivity contribution in [3.63, 3.8) is 0 Å². The van der Waals surface area contributed by atoms with Crippen LogP contribution in [0.2, 0.25) is 0 Å². The van der Waals surface area contributed by atoms with Crippen molar-refractivity contribution < 1.29 is 17.1 Å². The lowest BCUT2D eigenvalue weighted by atomic mass is 9.93. The largest absolute Gasteiger partial charge is 0.388 e. The lowest BCUT2D eigenvalue weighted by Crippen LogP contribution is -2.52. The predicted molar refractivity (Wildman–Crippen MR) is 86.2 cm³/mol. The smallest absolute Gasteiger partial charge is 0.255 e. The van der Waals surface area contributed by atoms with E-state index in [0.29, 0.717) is 11.3 Å². The summed E-state index contributed by atoms with van der Waals surface area (Å²) in [7, 11) is 1.69. The second-order valence-electron chi connectivity index (χ2n) is 6.00. The zero-order valence-electron chi connectivity index (χ0n) is 15.7. The molecule has 0 bridgehead atoms. The van der Waals surface area contributed by atoms with Crippen molar-refractivity contribution in [1.29, 1.82) is 0 Å². The standard InChI is InChI=1S/C17H21N3O3/c1-8-9(2)14-11(15(18-4)10(8)3)7-20(17(14)23)12-5-6-13(21)19-16(12)22/h12,18H,5-7H2,1-4H3,(H,19,21,22)/i7D2. The summed E-state index contributed by atoms with van der Waals surface area (Å²) >= 11 is 0. The Balaban J connectivity index is 2.20. The molecule has 1 aromatic carbocycles. The zero-order chi connectivity index (χ0) is 18.7. The Morgan fingerprint density at radius 3 is 2.48 bits per heavy atom. The van der Waals surface area contributed by atoms with E-state index < -0.39 is 30.3 Å². The number of imide groups is 1. The molecule has 23 heavy (non-hydrogen) atoms. The molecular weight excluding hydrogens is 294 g/mol. The highest BCUT2D eigenvalue weighted by atomic mass is 16.2.